The highest BCUT2D eigenvalue weighted by molar-refractivity contribution is 6.33. The minimum Gasteiger partial charge on any atom is -0.323 e. The van der Waals surface area contributed by atoms with Crippen LogP contribution in [0.1, 0.15) is 5.56 Å². The summed E-state index contributed by atoms with van der Waals surface area (Å²) in [6.45, 7) is 0. The maximum absolute atomic E-state index is 12.7. The number of hydrogen-bond acceptors (Lipinski definition) is 2. The molecule has 2 aromatic rings. The van der Waals surface area contributed by atoms with E-state index in [0.717, 1.165) is 5.56 Å². The molecule has 1 amide bonds. The van der Waals surface area contributed by atoms with Crippen LogP contribution in [0.3, 0.4) is 0 Å². The summed E-state index contributed by atoms with van der Waals surface area (Å²) in [5, 5.41) is 3.07. The zero-order chi connectivity index (χ0) is 13.0. The van der Waals surface area contributed by atoms with Gasteiger partial charge >= 0.3 is 0 Å². The summed E-state index contributed by atoms with van der Waals surface area (Å²) in [6, 6.07) is 7.37. The Labute approximate surface area is 109 Å². The summed E-state index contributed by atoms with van der Waals surface area (Å²) in [5.41, 5.74) is 1.19. The first-order valence-corrected chi connectivity index (χ1v) is 5.67. The Morgan fingerprint density at radius 1 is 1.28 bits per heavy atom. The zero-order valence-electron chi connectivity index (χ0n) is 9.36. The molecule has 0 aliphatic heterocycles. The van der Waals surface area contributed by atoms with E-state index in [9.17, 15) is 9.18 Å². The number of carbonyl (C=O) groups is 1. The molecule has 0 saturated heterocycles. The Bertz CT molecular complexity index is 557. The van der Waals surface area contributed by atoms with Crippen molar-refractivity contribution >= 4 is 23.2 Å². The molecule has 1 N–H and O–H groups in total. The van der Waals surface area contributed by atoms with Gasteiger partial charge < -0.3 is 5.32 Å². The molecule has 2 rings (SSSR count). The van der Waals surface area contributed by atoms with Gasteiger partial charge in [-0.15, -0.1) is 0 Å². The summed E-state index contributed by atoms with van der Waals surface area (Å²) in [7, 11) is 0. The molecule has 1 aromatic carbocycles. The average Bonchev–Trinajstić information content (AvgIpc) is 2.35. The number of halogens is 2. The molecule has 5 heteroatoms. The van der Waals surface area contributed by atoms with E-state index >= 15 is 0 Å². The van der Waals surface area contributed by atoms with Crippen LogP contribution in [0.4, 0.5) is 10.1 Å². The first-order chi connectivity index (χ1) is 8.65. The van der Waals surface area contributed by atoms with Crippen LogP contribution in [-0.4, -0.2) is 10.9 Å². The third-order valence-corrected chi connectivity index (χ3v) is 2.65. The molecule has 0 aliphatic carbocycles. The van der Waals surface area contributed by atoms with E-state index in [1.54, 1.807) is 18.2 Å². The largest absolute Gasteiger partial charge is 0.323 e. The van der Waals surface area contributed by atoms with E-state index in [0.29, 0.717) is 10.7 Å². The van der Waals surface area contributed by atoms with Crippen molar-refractivity contribution in [3.8, 4) is 0 Å². The van der Waals surface area contributed by atoms with Crippen molar-refractivity contribution in [3.05, 3.63) is 59.1 Å². The fraction of sp³-hybridized carbons (Fsp3) is 0.0769. The van der Waals surface area contributed by atoms with Gasteiger partial charge in [-0.25, -0.2) is 4.39 Å². The van der Waals surface area contributed by atoms with Gasteiger partial charge in [-0.2, -0.15) is 0 Å². The van der Waals surface area contributed by atoms with Gasteiger partial charge in [-0.1, -0.05) is 23.7 Å². The van der Waals surface area contributed by atoms with E-state index in [1.807, 2.05) is 0 Å². The molecule has 92 valence electrons. The third kappa shape index (κ3) is 3.28. The zero-order valence-corrected chi connectivity index (χ0v) is 10.1. The Morgan fingerprint density at radius 3 is 2.67 bits per heavy atom. The lowest BCUT2D eigenvalue weighted by molar-refractivity contribution is -0.115. The fourth-order valence-corrected chi connectivity index (χ4v) is 1.60. The number of nitrogens with zero attached hydrogens (tertiary/aromatic N) is 1. The van der Waals surface area contributed by atoms with Crippen LogP contribution in [-0.2, 0) is 11.2 Å². The highest BCUT2D eigenvalue weighted by atomic mass is 35.5. The Hall–Kier alpha value is -1.94. The van der Waals surface area contributed by atoms with E-state index < -0.39 is 0 Å². The average molecular weight is 265 g/mol. The molecule has 0 radical (unpaired) electrons. The van der Waals surface area contributed by atoms with Gasteiger partial charge in [0.05, 0.1) is 23.3 Å². The van der Waals surface area contributed by atoms with Crippen LogP contribution >= 0.6 is 11.6 Å². The smallest absolute Gasteiger partial charge is 0.228 e. The standard InChI is InChI=1S/C13H10ClFN2O/c14-11-5-6-16-8-12(11)17-13(18)7-9-1-3-10(15)4-2-9/h1-6,8H,7H2,(H,17,18). The molecule has 3 nitrogen and oxygen atoms in total. The van der Waals surface area contributed by atoms with Crippen molar-refractivity contribution in [2.24, 2.45) is 0 Å². The van der Waals surface area contributed by atoms with E-state index in [2.05, 4.69) is 10.3 Å². The first-order valence-electron chi connectivity index (χ1n) is 5.29. The Kier molecular flexibility index (Phi) is 3.89. The summed E-state index contributed by atoms with van der Waals surface area (Å²) in [5.74, 6) is -0.550. The van der Waals surface area contributed by atoms with Crippen LogP contribution in [0, 0.1) is 5.82 Å². The second-order valence-electron chi connectivity index (χ2n) is 3.71. The molecule has 0 saturated carbocycles. The topological polar surface area (TPSA) is 42.0 Å². The van der Waals surface area contributed by atoms with Gasteiger partial charge in [-0.05, 0) is 23.8 Å². The molecule has 0 atom stereocenters. The lowest BCUT2D eigenvalue weighted by Crippen LogP contribution is -2.14. The van der Waals surface area contributed by atoms with Crippen LogP contribution in [0.25, 0.3) is 0 Å². The molecule has 0 aliphatic rings. The van der Waals surface area contributed by atoms with E-state index in [4.69, 9.17) is 11.6 Å². The number of carbonyl (C=O) groups excluding carboxylic acids is 1. The number of nitrogens with one attached hydrogen (secondary N) is 1. The van der Waals surface area contributed by atoms with Crippen LogP contribution in [0.5, 0.6) is 0 Å². The maximum Gasteiger partial charge on any atom is 0.228 e. The van der Waals surface area contributed by atoms with Gasteiger partial charge in [-0.3, -0.25) is 9.78 Å². The Morgan fingerprint density at radius 2 is 2.00 bits per heavy atom. The minimum absolute atomic E-state index is 0.158. The lowest BCUT2D eigenvalue weighted by Gasteiger charge is -2.06. The van der Waals surface area contributed by atoms with Gasteiger partial charge in [0.15, 0.2) is 0 Å². The molecule has 1 aromatic heterocycles. The van der Waals surface area contributed by atoms with E-state index in [1.165, 1.54) is 24.5 Å². The second-order valence-corrected chi connectivity index (χ2v) is 4.11. The van der Waals surface area contributed by atoms with Gasteiger partial charge in [0.25, 0.3) is 0 Å². The van der Waals surface area contributed by atoms with Gasteiger partial charge in [0.2, 0.25) is 5.91 Å². The molecule has 0 bridgehead atoms. The number of rotatable bonds is 3. The molecule has 18 heavy (non-hydrogen) atoms. The first kappa shape index (κ1) is 12.5. The molecular weight excluding hydrogens is 255 g/mol. The number of benzene rings is 1. The van der Waals surface area contributed by atoms with Crippen LogP contribution in [0.15, 0.2) is 42.7 Å². The third-order valence-electron chi connectivity index (χ3n) is 2.32. The highest BCUT2D eigenvalue weighted by Crippen LogP contribution is 2.19. The number of anilines is 1. The van der Waals surface area contributed by atoms with Gasteiger partial charge in [0, 0.05) is 6.20 Å². The number of hydrogen-bond donors (Lipinski definition) is 1. The van der Waals surface area contributed by atoms with Crippen molar-refractivity contribution in [3.63, 3.8) is 0 Å². The molecule has 0 spiro atoms. The highest BCUT2D eigenvalue weighted by Gasteiger charge is 2.06. The van der Waals surface area contributed by atoms with Crippen LogP contribution in [0.2, 0.25) is 5.02 Å². The van der Waals surface area contributed by atoms with Crippen LogP contribution < -0.4 is 5.32 Å². The van der Waals surface area contributed by atoms with Gasteiger partial charge in [0.1, 0.15) is 5.82 Å². The van der Waals surface area contributed by atoms with Crippen molar-refractivity contribution in [2.75, 3.05) is 5.32 Å². The predicted molar refractivity (Wildman–Crippen MR) is 68.0 cm³/mol. The predicted octanol–water partition coefficient (Wildman–Crippen LogP) is 3.06. The quantitative estimate of drug-likeness (QED) is 0.926. The van der Waals surface area contributed by atoms with Crippen molar-refractivity contribution in [1.82, 2.24) is 4.98 Å². The summed E-state index contributed by atoms with van der Waals surface area (Å²) in [4.78, 5) is 15.6. The normalized spacial score (nSPS) is 10.1. The summed E-state index contributed by atoms with van der Waals surface area (Å²) < 4.78 is 12.7. The minimum atomic E-state index is -0.325. The lowest BCUT2D eigenvalue weighted by atomic mass is 10.1. The molecule has 1 heterocycles. The monoisotopic (exact) mass is 264 g/mol. The van der Waals surface area contributed by atoms with Crippen molar-refractivity contribution in [1.29, 1.82) is 0 Å². The maximum atomic E-state index is 12.7. The summed E-state index contributed by atoms with van der Waals surface area (Å²) in [6.07, 6.45) is 3.17. The molecular formula is C13H10ClFN2O. The van der Waals surface area contributed by atoms with Crippen molar-refractivity contribution < 1.29 is 9.18 Å². The fourth-order valence-electron chi connectivity index (χ4n) is 1.45. The van der Waals surface area contributed by atoms with E-state index in [-0.39, 0.29) is 18.1 Å². The number of pyridine rings is 1. The molecule has 0 unspecified atom stereocenters. The van der Waals surface area contributed by atoms with Crippen molar-refractivity contribution in [2.45, 2.75) is 6.42 Å². The molecule has 0 fully saturated rings. The number of aromatic nitrogens is 1. The second kappa shape index (κ2) is 5.60. The number of amides is 1. The SMILES string of the molecule is O=C(Cc1ccc(F)cc1)Nc1cnccc1Cl. The summed E-state index contributed by atoms with van der Waals surface area (Å²) >= 11 is 5.89. The Balaban J connectivity index is 2.01.